The van der Waals surface area contributed by atoms with Gasteiger partial charge in [0, 0.05) is 17.7 Å². The summed E-state index contributed by atoms with van der Waals surface area (Å²) in [4.78, 5) is 10.5. The molecule has 1 unspecified atom stereocenters. The second-order valence-corrected chi connectivity index (χ2v) is 4.25. The molecule has 6 heteroatoms. The first-order chi connectivity index (χ1) is 9.08. The first kappa shape index (κ1) is 16.1. The Kier molecular flexibility index (Phi) is 5.61. The molecule has 0 spiro atoms. The van der Waals surface area contributed by atoms with Gasteiger partial charge in [0.2, 0.25) is 0 Å². The molecule has 0 aliphatic carbocycles. The van der Waals surface area contributed by atoms with Crippen LogP contribution in [-0.4, -0.2) is 4.92 Å². The minimum Gasteiger partial charge on any atom is -0.324 e. The lowest BCUT2D eigenvalue weighted by molar-refractivity contribution is -0.385. The molecular formula is C14H14ClFN2O2. The number of nitro benzene ring substituents is 1. The van der Waals surface area contributed by atoms with Crippen molar-refractivity contribution in [2.45, 2.75) is 12.5 Å². The zero-order valence-corrected chi connectivity index (χ0v) is 11.3. The average molecular weight is 297 g/mol. The van der Waals surface area contributed by atoms with E-state index in [9.17, 15) is 14.5 Å². The summed E-state index contributed by atoms with van der Waals surface area (Å²) in [6.45, 7) is 0. The molecule has 0 bridgehead atoms. The van der Waals surface area contributed by atoms with Crippen LogP contribution in [0.2, 0.25) is 0 Å². The zero-order chi connectivity index (χ0) is 13.8. The highest BCUT2D eigenvalue weighted by Crippen LogP contribution is 2.23. The van der Waals surface area contributed by atoms with Gasteiger partial charge < -0.3 is 5.73 Å². The highest BCUT2D eigenvalue weighted by Gasteiger charge is 2.16. The van der Waals surface area contributed by atoms with Crippen LogP contribution in [0.4, 0.5) is 10.1 Å². The Labute approximate surface area is 122 Å². The van der Waals surface area contributed by atoms with Crippen LogP contribution < -0.4 is 5.73 Å². The molecule has 2 aromatic carbocycles. The molecule has 20 heavy (non-hydrogen) atoms. The summed E-state index contributed by atoms with van der Waals surface area (Å²) in [7, 11) is 0. The lowest BCUT2D eigenvalue weighted by atomic mass is 9.98. The van der Waals surface area contributed by atoms with Crippen LogP contribution in [0.25, 0.3) is 0 Å². The Hall–Kier alpha value is -1.98. The van der Waals surface area contributed by atoms with Crippen molar-refractivity contribution >= 4 is 18.1 Å². The highest BCUT2D eigenvalue weighted by atomic mass is 35.5. The van der Waals surface area contributed by atoms with E-state index >= 15 is 0 Å². The lowest BCUT2D eigenvalue weighted by Crippen LogP contribution is -2.14. The Morgan fingerprint density at radius 2 is 1.75 bits per heavy atom. The molecule has 1 atom stereocenters. The topological polar surface area (TPSA) is 69.2 Å². The standard InChI is InChI=1S/C14H13FN2O2.ClH/c15-12-7-5-10(6-8-12)13(16)9-11-3-1-2-4-14(11)17(18)19;/h1-8,13H,9,16H2;1H. The number of nitrogens with zero attached hydrogens (tertiary/aromatic N) is 1. The van der Waals surface area contributed by atoms with Crippen molar-refractivity contribution in [1.82, 2.24) is 0 Å². The van der Waals surface area contributed by atoms with Crippen molar-refractivity contribution in [3.8, 4) is 0 Å². The van der Waals surface area contributed by atoms with Gasteiger partial charge in [-0.05, 0) is 24.1 Å². The van der Waals surface area contributed by atoms with Gasteiger partial charge in [0.15, 0.2) is 0 Å². The summed E-state index contributed by atoms with van der Waals surface area (Å²) >= 11 is 0. The monoisotopic (exact) mass is 296 g/mol. The van der Waals surface area contributed by atoms with E-state index in [1.54, 1.807) is 30.3 Å². The van der Waals surface area contributed by atoms with E-state index in [1.165, 1.54) is 18.2 Å². The Morgan fingerprint density at radius 3 is 2.35 bits per heavy atom. The summed E-state index contributed by atoms with van der Waals surface area (Å²) < 4.78 is 12.8. The molecule has 0 aliphatic heterocycles. The molecule has 0 amide bonds. The van der Waals surface area contributed by atoms with Crippen LogP contribution >= 0.6 is 12.4 Å². The van der Waals surface area contributed by atoms with E-state index in [1.807, 2.05) is 0 Å². The minimum absolute atomic E-state index is 0. The summed E-state index contributed by atoms with van der Waals surface area (Å²) in [6.07, 6.45) is 0.336. The fourth-order valence-electron chi connectivity index (χ4n) is 1.93. The van der Waals surface area contributed by atoms with Crippen LogP contribution in [0, 0.1) is 15.9 Å². The first-order valence-corrected chi connectivity index (χ1v) is 5.81. The van der Waals surface area contributed by atoms with Gasteiger partial charge in [0.25, 0.3) is 5.69 Å². The molecular weight excluding hydrogens is 283 g/mol. The van der Waals surface area contributed by atoms with E-state index in [-0.39, 0.29) is 23.9 Å². The van der Waals surface area contributed by atoms with Crippen molar-refractivity contribution in [2.24, 2.45) is 5.73 Å². The average Bonchev–Trinajstić information content (AvgIpc) is 2.39. The van der Waals surface area contributed by atoms with Gasteiger partial charge in [-0.15, -0.1) is 12.4 Å². The number of nitrogens with two attached hydrogens (primary N) is 1. The van der Waals surface area contributed by atoms with Gasteiger partial charge in [-0.2, -0.15) is 0 Å². The molecule has 2 aromatic rings. The third-order valence-corrected chi connectivity index (χ3v) is 2.93. The zero-order valence-electron chi connectivity index (χ0n) is 10.5. The fraction of sp³-hybridized carbons (Fsp3) is 0.143. The number of nitro groups is 1. The Balaban J connectivity index is 0.00000200. The molecule has 0 heterocycles. The van der Waals surface area contributed by atoms with Crippen molar-refractivity contribution in [2.75, 3.05) is 0 Å². The van der Waals surface area contributed by atoms with E-state index < -0.39 is 11.0 Å². The second kappa shape index (κ2) is 6.98. The number of hydrogen-bond acceptors (Lipinski definition) is 3. The first-order valence-electron chi connectivity index (χ1n) is 5.81. The predicted molar refractivity (Wildman–Crippen MR) is 77.4 cm³/mol. The maximum Gasteiger partial charge on any atom is 0.272 e. The van der Waals surface area contributed by atoms with E-state index in [4.69, 9.17) is 5.73 Å². The Bertz CT molecular complexity index is 590. The highest BCUT2D eigenvalue weighted by molar-refractivity contribution is 5.85. The molecule has 2 N–H and O–H groups in total. The fourth-order valence-corrected chi connectivity index (χ4v) is 1.93. The number of rotatable bonds is 4. The van der Waals surface area contributed by atoms with Gasteiger partial charge in [-0.1, -0.05) is 30.3 Å². The predicted octanol–water partition coefficient (Wildman–Crippen LogP) is 3.40. The number of para-hydroxylation sites is 1. The smallest absolute Gasteiger partial charge is 0.272 e. The van der Waals surface area contributed by atoms with Crippen LogP contribution in [0.5, 0.6) is 0 Å². The molecule has 4 nitrogen and oxygen atoms in total. The van der Waals surface area contributed by atoms with Crippen LogP contribution in [0.1, 0.15) is 17.2 Å². The summed E-state index contributed by atoms with van der Waals surface area (Å²) in [5, 5.41) is 10.9. The lowest BCUT2D eigenvalue weighted by Gasteiger charge is -2.12. The molecule has 0 radical (unpaired) electrons. The van der Waals surface area contributed by atoms with Gasteiger partial charge in [-0.25, -0.2) is 4.39 Å². The SMILES string of the molecule is Cl.NC(Cc1ccccc1[N+](=O)[O-])c1ccc(F)cc1. The van der Waals surface area contributed by atoms with Gasteiger partial charge in [0.05, 0.1) is 4.92 Å². The molecule has 0 aliphatic rings. The van der Waals surface area contributed by atoms with Crippen LogP contribution in [0.3, 0.4) is 0 Å². The molecule has 0 saturated carbocycles. The van der Waals surface area contributed by atoms with Gasteiger partial charge in [0.1, 0.15) is 5.82 Å². The minimum atomic E-state index is -0.424. The van der Waals surface area contributed by atoms with E-state index in [0.29, 0.717) is 12.0 Å². The van der Waals surface area contributed by atoms with Crippen LogP contribution in [0.15, 0.2) is 48.5 Å². The number of hydrogen-bond donors (Lipinski definition) is 1. The van der Waals surface area contributed by atoms with Crippen molar-refractivity contribution in [3.05, 3.63) is 75.6 Å². The second-order valence-electron chi connectivity index (χ2n) is 4.25. The maximum atomic E-state index is 12.8. The van der Waals surface area contributed by atoms with E-state index in [2.05, 4.69) is 0 Å². The molecule has 0 aromatic heterocycles. The number of benzene rings is 2. The molecule has 0 fully saturated rings. The molecule has 106 valence electrons. The van der Waals surface area contributed by atoms with Gasteiger partial charge in [-0.3, -0.25) is 10.1 Å². The summed E-state index contributed by atoms with van der Waals surface area (Å²) in [5.41, 5.74) is 7.38. The van der Waals surface area contributed by atoms with Crippen LogP contribution in [-0.2, 0) is 6.42 Å². The largest absolute Gasteiger partial charge is 0.324 e. The van der Waals surface area contributed by atoms with Gasteiger partial charge >= 0.3 is 0 Å². The third-order valence-electron chi connectivity index (χ3n) is 2.93. The van der Waals surface area contributed by atoms with Crippen molar-refractivity contribution in [3.63, 3.8) is 0 Å². The van der Waals surface area contributed by atoms with Crippen molar-refractivity contribution in [1.29, 1.82) is 0 Å². The summed E-state index contributed by atoms with van der Waals surface area (Å²) in [5.74, 6) is -0.332. The summed E-state index contributed by atoms with van der Waals surface area (Å²) in [6, 6.07) is 11.9. The quantitative estimate of drug-likeness (QED) is 0.694. The normalized spacial score (nSPS) is 11.5. The Morgan fingerprint density at radius 1 is 1.15 bits per heavy atom. The van der Waals surface area contributed by atoms with E-state index in [0.717, 1.165) is 5.56 Å². The number of halogens is 2. The third kappa shape index (κ3) is 3.76. The molecule has 0 saturated heterocycles. The molecule has 2 rings (SSSR count). The van der Waals surface area contributed by atoms with Crippen molar-refractivity contribution < 1.29 is 9.31 Å². The maximum absolute atomic E-state index is 12.8.